The molecule has 130 valence electrons. The van der Waals surface area contributed by atoms with E-state index in [-0.39, 0.29) is 17.7 Å². The Morgan fingerprint density at radius 3 is 2.88 bits per heavy atom. The van der Waals surface area contributed by atoms with Gasteiger partial charge in [-0.25, -0.2) is 0 Å². The quantitative estimate of drug-likeness (QED) is 0.850. The summed E-state index contributed by atoms with van der Waals surface area (Å²) >= 11 is 0. The van der Waals surface area contributed by atoms with E-state index in [1.165, 1.54) is 0 Å². The lowest BCUT2D eigenvalue weighted by atomic mass is 9.97. The summed E-state index contributed by atoms with van der Waals surface area (Å²) in [7, 11) is 1.65. The molecule has 1 unspecified atom stereocenters. The topological polar surface area (TPSA) is 67.4 Å². The zero-order valence-corrected chi connectivity index (χ0v) is 14.5. The van der Waals surface area contributed by atoms with Crippen LogP contribution in [0.3, 0.4) is 0 Å². The lowest BCUT2D eigenvalue weighted by molar-refractivity contribution is -0.116. The highest BCUT2D eigenvalue weighted by Gasteiger charge is 2.19. The van der Waals surface area contributed by atoms with E-state index in [9.17, 15) is 9.59 Å². The molecule has 1 atom stereocenters. The number of ether oxygens (including phenoxy) is 1. The average Bonchev–Trinajstić information content (AvgIpc) is 2.96. The van der Waals surface area contributed by atoms with Crippen molar-refractivity contribution in [3.63, 3.8) is 0 Å². The molecule has 1 aliphatic rings. The number of fused-ring (bicyclic) bond motifs is 1. The summed E-state index contributed by atoms with van der Waals surface area (Å²) in [5.74, 6) is 0.879. The van der Waals surface area contributed by atoms with Crippen LogP contribution in [0.1, 0.15) is 34.8 Å². The van der Waals surface area contributed by atoms with Crippen LogP contribution in [0.25, 0.3) is 0 Å². The number of nitrogens with one attached hydrogen (secondary N) is 2. The van der Waals surface area contributed by atoms with Gasteiger partial charge in [0, 0.05) is 24.2 Å². The Morgan fingerprint density at radius 2 is 2.08 bits per heavy atom. The summed E-state index contributed by atoms with van der Waals surface area (Å²) < 4.78 is 5.36. The van der Waals surface area contributed by atoms with Crippen molar-refractivity contribution in [3.05, 3.63) is 59.2 Å². The molecular weight excluding hydrogens is 316 g/mol. The lowest BCUT2D eigenvalue weighted by Gasteiger charge is -2.14. The predicted octanol–water partition coefficient (Wildman–Crippen LogP) is 3.15. The molecule has 0 radical (unpaired) electrons. The van der Waals surface area contributed by atoms with Crippen molar-refractivity contribution in [1.82, 2.24) is 5.32 Å². The summed E-state index contributed by atoms with van der Waals surface area (Å²) in [4.78, 5) is 24.0. The standard InChI is InChI=1S/C20H22N2O3/c1-13(9-14-5-3-4-6-18(14)25-2)10-19(23)22-16-8-7-15-12-21-20(24)17(15)11-16/h3-8,11,13H,9-10,12H2,1-2H3,(H,21,24)(H,22,23). The van der Waals surface area contributed by atoms with Crippen LogP contribution in [0.4, 0.5) is 5.69 Å². The molecule has 1 heterocycles. The maximum absolute atomic E-state index is 12.3. The first-order valence-corrected chi connectivity index (χ1v) is 8.39. The largest absolute Gasteiger partial charge is 0.496 e. The van der Waals surface area contributed by atoms with E-state index in [4.69, 9.17) is 4.74 Å². The molecule has 2 aromatic carbocycles. The molecule has 0 spiro atoms. The number of hydrogen-bond acceptors (Lipinski definition) is 3. The fourth-order valence-electron chi connectivity index (χ4n) is 3.14. The van der Waals surface area contributed by atoms with Gasteiger partial charge < -0.3 is 15.4 Å². The number of rotatable bonds is 6. The zero-order valence-electron chi connectivity index (χ0n) is 14.5. The van der Waals surface area contributed by atoms with Gasteiger partial charge in [-0.1, -0.05) is 31.2 Å². The van der Waals surface area contributed by atoms with Crippen LogP contribution in [0.2, 0.25) is 0 Å². The van der Waals surface area contributed by atoms with E-state index in [0.717, 1.165) is 23.3 Å². The van der Waals surface area contributed by atoms with Crippen molar-refractivity contribution < 1.29 is 14.3 Å². The maximum Gasteiger partial charge on any atom is 0.251 e. The number of benzene rings is 2. The fraction of sp³-hybridized carbons (Fsp3) is 0.300. The molecule has 2 amide bonds. The minimum absolute atomic E-state index is 0.0549. The summed E-state index contributed by atoms with van der Waals surface area (Å²) in [5.41, 5.74) is 3.36. The third kappa shape index (κ3) is 3.99. The second-order valence-electron chi connectivity index (χ2n) is 6.43. The number of para-hydroxylation sites is 1. The number of anilines is 1. The molecular formula is C20H22N2O3. The molecule has 0 saturated carbocycles. The normalized spacial score (nSPS) is 13.8. The molecule has 5 heteroatoms. The Labute approximate surface area is 147 Å². The SMILES string of the molecule is COc1ccccc1CC(C)CC(=O)Nc1ccc2c(c1)C(=O)NC2. The van der Waals surface area contributed by atoms with Gasteiger partial charge in [-0.15, -0.1) is 0 Å². The predicted molar refractivity (Wildman–Crippen MR) is 96.7 cm³/mol. The van der Waals surface area contributed by atoms with Crippen LogP contribution >= 0.6 is 0 Å². The van der Waals surface area contributed by atoms with Crippen LogP contribution < -0.4 is 15.4 Å². The number of amides is 2. The summed E-state index contributed by atoms with van der Waals surface area (Å²) in [6.45, 7) is 2.60. The molecule has 0 saturated heterocycles. The van der Waals surface area contributed by atoms with Gasteiger partial charge in [-0.2, -0.15) is 0 Å². The Kier molecular flexibility index (Phi) is 5.03. The minimum atomic E-state index is -0.0874. The third-order valence-electron chi connectivity index (χ3n) is 4.37. The highest BCUT2D eigenvalue weighted by atomic mass is 16.5. The van der Waals surface area contributed by atoms with Gasteiger partial charge >= 0.3 is 0 Å². The van der Waals surface area contributed by atoms with Crippen molar-refractivity contribution in [1.29, 1.82) is 0 Å². The van der Waals surface area contributed by atoms with E-state index < -0.39 is 0 Å². The van der Waals surface area contributed by atoms with Gasteiger partial charge in [-0.05, 0) is 41.7 Å². The Hall–Kier alpha value is -2.82. The molecule has 2 aromatic rings. The van der Waals surface area contributed by atoms with Crippen LogP contribution in [-0.4, -0.2) is 18.9 Å². The highest BCUT2D eigenvalue weighted by molar-refractivity contribution is 6.00. The Balaban J connectivity index is 1.59. The molecule has 25 heavy (non-hydrogen) atoms. The Bertz CT molecular complexity index is 801. The summed E-state index contributed by atoms with van der Waals surface area (Å²) in [5, 5.41) is 5.66. The second kappa shape index (κ2) is 7.38. The van der Waals surface area contributed by atoms with Gasteiger partial charge in [-0.3, -0.25) is 9.59 Å². The first kappa shape index (κ1) is 17.0. The van der Waals surface area contributed by atoms with Crippen LogP contribution in [0.5, 0.6) is 5.75 Å². The maximum atomic E-state index is 12.3. The molecule has 1 aliphatic heterocycles. The minimum Gasteiger partial charge on any atom is -0.496 e. The van der Waals surface area contributed by atoms with Crippen molar-refractivity contribution in [3.8, 4) is 5.75 Å². The van der Waals surface area contributed by atoms with E-state index in [1.54, 1.807) is 13.2 Å². The molecule has 0 fully saturated rings. The van der Waals surface area contributed by atoms with Gasteiger partial charge in [0.15, 0.2) is 0 Å². The summed E-state index contributed by atoms with van der Waals surface area (Å²) in [6.07, 6.45) is 1.17. The van der Waals surface area contributed by atoms with Crippen molar-refractivity contribution in [2.75, 3.05) is 12.4 Å². The number of carbonyl (C=O) groups excluding carboxylic acids is 2. The van der Waals surface area contributed by atoms with E-state index in [2.05, 4.69) is 10.6 Å². The van der Waals surface area contributed by atoms with Crippen molar-refractivity contribution in [2.45, 2.75) is 26.3 Å². The Morgan fingerprint density at radius 1 is 1.28 bits per heavy atom. The molecule has 0 bridgehead atoms. The molecule has 0 aliphatic carbocycles. The fourth-order valence-corrected chi connectivity index (χ4v) is 3.14. The number of methoxy groups -OCH3 is 1. The molecule has 0 aromatic heterocycles. The van der Waals surface area contributed by atoms with E-state index in [0.29, 0.717) is 24.2 Å². The monoisotopic (exact) mass is 338 g/mol. The van der Waals surface area contributed by atoms with Gasteiger partial charge in [0.1, 0.15) is 5.75 Å². The first-order valence-electron chi connectivity index (χ1n) is 8.39. The summed E-state index contributed by atoms with van der Waals surface area (Å²) in [6, 6.07) is 13.3. The van der Waals surface area contributed by atoms with Crippen molar-refractivity contribution >= 4 is 17.5 Å². The smallest absolute Gasteiger partial charge is 0.251 e. The van der Waals surface area contributed by atoms with Gasteiger partial charge in [0.05, 0.1) is 7.11 Å². The molecule has 3 rings (SSSR count). The zero-order chi connectivity index (χ0) is 17.8. The first-order chi connectivity index (χ1) is 12.1. The van der Waals surface area contributed by atoms with Crippen LogP contribution in [-0.2, 0) is 17.8 Å². The molecule has 5 nitrogen and oxygen atoms in total. The molecule has 2 N–H and O–H groups in total. The highest BCUT2D eigenvalue weighted by Crippen LogP contribution is 2.23. The van der Waals surface area contributed by atoms with Crippen LogP contribution in [0, 0.1) is 5.92 Å². The van der Waals surface area contributed by atoms with Crippen LogP contribution in [0.15, 0.2) is 42.5 Å². The van der Waals surface area contributed by atoms with Gasteiger partial charge in [0.2, 0.25) is 5.91 Å². The lowest BCUT2D eigenvalue weighted by Crippen LogP contribution is -2.17. The second-order valence-corrected chi connectivity index (χ2v) is 6.43. The van der Waals surface area contributed by atoms with Crippen molar-refractivity contribution in [2.24, 2.45) is 5.92 Å². The van der Waals surface area contributed by atoms with E-state index in [1.807, 2.05) is 43.3 Å². The number of carbonyl (C=O) groups is 2. The van der Waals surface area contributed by atoms with Gasteiger partial charge in [0.25, 0.3) is 5.91 Å². The van der Waals surface area contributed by atoms with E-state index >= 15 is 0 Å². The average molecular weight is 338 g/mol. The number of hydrogen-bond donors (Lipinski definition) is 2. The third-order valence-corrected chi connectivity index (χ3v) is 4.37.